The Labute approximate surface area is 171 Å². The van der Waals surface area contributed by atoms with Gasteiger partial charge >= 0.3 is 0 Å². The van der Waals surface area contributed by atoms with Crippen molar-refractivity contribution in [1.29, 1.82) is 0 Å². The van der Waals surface area contributed by atoms with E-state index in [2.05, 4.69) is 31.1 Å². The average molecular weight is 445 g/mol. The van der Waals surface area contributed by atoms with Crippen LogP contribution in [0, 0.1) is 5.92 Å². The molecule has 2 aromatic rings. The van der Waals surface area contributed by atoms with Crippen LogP contribution >= 0.6 is 15.9 Å². The fourth-order valence-corrected chi connectivity index (χ4v) is 4.12. The minimum absolute atomic E-state index is 0.179. The summed E-state index contributed by atoms with van der Waals surface area (Å²) < 4.78 is 6.24. The number of carbonyl (C=O) groups excluding carboxylic acids is 2. The number of halogens is 1. The highest BCUT2D eigenvalue weighted by Crippen LogP contribution is 2.32. The Morgan fingerprint density at radius 1 is 1.14 bits per heavy atom. The molecule has 8 heteroatoms. The lowest BCUT2D eigenvalue weighted by Crippen LogP contribution is -2.37. The van der Waals surface area contributed by atoms with Gasteiger partial charge in [-0.1, -0.05) is 12.1 Å². The molecule has 1 aromatic heterocycles. The smallest absolute Gasteiger partial charge is 0.239 e. The standard InChI is InChI=1S/C20H21BrN4O3/c21-15-3-1-2-4-17(15)25-8-6-14(20(25)27)19(26)23-16-13-22-7-5-18(16)24-9-11-28-12-10-24/h1-5,7,13-14H,6,8-12H2,(H,23,26). The Morgan fingerprint density at radius 3 is 2.71 bits per heavy atom. The van der Waals surface area contributed by atoms with E-state index < -0.39 is 5.92 Å². The lowest BCUT2D eigenvalue weighted by Gasteiger charge is -2.30. The first-order valence-corrected chi connectivity index (χ1v) is 10.1. The van der Waals surface area contributed by atoms with E-state index >= 15 is 0 Å². The van der Waals surface area contributed by atoms with Gasteiger partial charge in [-0.05, 0) is 40.5 Å². The van der Waals surface area contributed by atoms with Crippen molar-refractivity contribution in [3.63, 3.8) is 0 Å². The fourth-order valence-electron chi connectivity index (χ4n) is 3.62. The molecular formula is C20H21BrN4O3. The zero-order chi connectivity index (χ0) is 19.5. The Kier molecular flexibility index (Phi) is 5.59. The van der Waals surface area contributed by atoms with Crippen LogP contribution in [0.15, 0.2) is 47.2 Å². The molecule has 3 heterocycles. The van der Waals surface area contributed by atoms with Crippen LogP contribution in [-0.4, -0.2) is 49.6 Å². The monoisotopic (exact) mass is 444 g/mol. The van der Waals surface area contributed by atoms with Crippen LogP contribution in [0.5, 0.6) is 0 Å². The molecule has 4 rings (SSSR count). The number of para-hydroxylation sites is 1. The summed E-state index contributed by atoms with van der Waals surface area (Å²) in [5.74, 6) is -1.17. The van der Waals surface area contributed by atoms with Crippen LogP contribution < -0.4 is 15.1 Å². The molecule has 28 heavy (non-hydrogen) atoms. The van der Waals surface area contributed by atoms with Gasteiger partial charge in [0.05, 0.1) is 36.5 Å². The van der Waals surface area contributed by atoms with Gasteiger partial charge in [-0.2, -0.15) is 0 Å². The summed E-state index contributed by atoms with van der Waals surface area (Å²) in [6, 6.07) is 9.42. The molecule has 0 bridgehead atoms. The number of nitrogens with zero attached hydrogens (tertiary/aromatic N) is 3. The number of amides is 2. The Hall–Kier alpha value is -2.45. The zero-order valence-corrected chi connectivity index (χ0v) is 16.9. The molecule has 0 radical (unpaired) electrons. The summed E-state index contributed by atoms with van der Waals surface area (Å²) in [5, 5.41) is 2.92. The molecule has 146 valence electrons. The summed E-state index contributed by atoms with van der Waals surface area (Å²) >= 11 is 3.48. The predicted octanol–water partition coefficient (Wildman–Crippen LogP) is 2.67. The largest absolute Gasteiger partial charge is 0.378 e. The summed E-state index contributed by atoms with van der Waals surface area (Å²) in [7, 11) is 0. The van der Waals surface area contributed by atoms with Crippen molar-refractivity contribution in [2.75, 3.05) is 48.0 Å². The zero-order valence-electron chi connectivity index (χ0n) is 15.3. The molecule has 7 nitrogen and oxygen atoms in total. The topological polar surface area (TPSA) is 74.8 Å². The van der Waals surface area contributed by atoms with Crippen molar-refractivity contribution >= 4 is 44.8 Å². The first kappa shape index (κ1) is 18.9. The van der Waals surface area contributed by atoms with Crippen molar-refractivity contribution < 1.29 is 14.3 Å². The van der Waals surface area contributed by atoms with E-state index in [4.69, 9.17) is 4.74 Å². The number of hydrogen-bond acceptors (Lipinski definition) is 5. The Morgan fingerprint density at radius 2 is 1.93 bits per heavy atom. The van der Waals surface area contributed by atoms with E-state index in [9.17, 15) is 9.59 Å². The Balaban J connectivity index is 1.49. The molecule has 0 aliphatic carbocycles. The van der Waals surface area contributed by atoms with E-state index in [1.54, 1.807) is 17.3 Å². The SMILES string of the molecule is O=C(Nc1cnccc1N1CCOCC1)C1CCN(c2ccccc2Br)C1=O. The van der Waals surface area contributed by atoms with Crippen LogP contribution in [0.4, 0.5) is 17.1 Å². The minimum atomic E-state index is -0.704. The van der Waals surface area contributed by atoms with E-state index in [-0.39, 0.29) is 11.8 Å². The number of anilines is 3. The third-order valence-corrected chi connectivity index (χ3v) is 5.74. The number of morpholine rings is 1. The van der Waals surface area contributed by atoms with Gasteiger partial charge in [-0.25, -0.2) is 0 Å². The van der Waals surface area contributed by atoms with Gasteiger partial charge in [-0.15, -0.1) is 0 Å². The maximum atomic E-state index is 12.9. The third kappa shape index (κ3) is 3.74. The highest BCUT2D eigenvalue weighted by molar-refractivity contribution is 9.10. The van der Waals surface area contributed by atoms with Crippen LogP contribution in [-0.2, 0) is 14.3 Å². The number of hydrogen-bond donors (Lipinski definition) is 1. The number of aromatic nitrogens is 1. The lowest BCUT2D eigenvalue weighted by molar-refractivity contribution is -0.129. The number of pyridine rings is 1. The minimum Gasteiger partial charge on any atom is -0.378 e. The van der Waals surface area contributed by atoms with Gasteiger partial charge < -0.3 is 19.9 Å². The maximum absolute atomic E-state index is 12.9. The van der Waals surface area contributed by atoms with Gasteiger partial charge in [0.2, 0.25) is 11.8 Å². The van der Waals surface area contributed by atoms with E-state index in [1.807, 2.05) is 30.3 Å². The highest BCUT2D eigenvalue weighted by Gasteiger charge is 2.38. The summed E-state index contributed by atoms with van der Waals surface area (Å²) in [5.41, 5.74) is 2.32. The molecular weight excluding hydrogens is 424 g/mol. The van der Waals surface area contributed by atoms with Crippen molar-refractivity contribution in [1.82, 2.24) is 4.98 Å². The van der Waals surface area contributed by atoms with Crippen LogP contribution in [0.3, 0.4) is 0 Å². The van der Waals surface area contributed by atoms with Crippen molar-refractivity contribution in [3.05, 3.63) is 47.2 Å². The molecule has 2 aliphatic heterocycles. The molecule has 1 atom stereocenters. The van der Waals surface area contributed by atoms with Crippen molar-refractivity contribution in [3.8, 4) is 0 Å². The number of benzene rings is 1. The van der Waals surface area contributed by atoms with Gasteiger partial charge in [0.25, 0.3) is 0 Å². The average Bonchev–Trinajstić information content (AvgIpc) is 3.11. The summed E-state index contributed by atoms with van der Waals surface area (Å²) in [6.07, 6.45) is 3.82. The first-order chi connectivity index (χ1) is 13.6. The second-order valence-corrected chi connectivity index (χ2v) is 7.62. The molecule has 1 N–H and O–H groups in total. The molecule has 1 unspecified atom stereocenters. The quantitative estimate of drug-likeness (QED) is 0.733. The van der Waals surface area contributed by atoms with E-state index in [1.165, 1.54) is 0 Å². The Bertz CT molecular complexity index is 885. The molecule has 2 aliphatic rings. The lowest BCUT2D eigenvalue weighted by atomic mass is 10.1. The molecule has 1 aromatic carbocycles. The van der Waals surface area contributed by atoms with Gasteiger partial charge in [-0.3, -0.25) is 14.6 Å². The predicted molar refractivity (Wildman–Crippen MR) is 111 cm³/mol. The highest BCUT2D eigenvalue weighted by atomic mass is 79.9. The fraction of sp³-hybridized carbons (Fsp3) is 0.350. The molecule has 0 spiro atoms. The molecule has 2 fully saturated rings. The number of carbonyl (C=O) groups is 2. The third-order valence-electron chi connectivity index (χ3n) is 5.07. The van der Waals surface area contributed by atoms with E-state index in [0.29, 0.717) is 31.9 Å². The second-order valence-electron chi connectivity index (χ2n) is 6.76. The van der Waals surface area contributed by atoms with Crippen molar-refractivity contribution in [2.45, 2.75) is 6.42 Å². The number of ether oxygens (including phenoxy) is 1. The number of nitrogens with one attached hydrogen (secondary N) is 1. The van der Waals surface area contributed by atoms with Gasteiger partial charge in [0.1, 0.15) is 5.92 Å². The molecule has 2 amide bonds. The maximum Gasteiger partial charge on any atom is 0.239 e. The van der Waals surface area contributed by atoms with Crippen LogP contribution in [0.1, 0.15) is 6.42 Å². The molecule has 2 saturated heterocycles. The second kappa shape index (κ2) is 8.28. The van der Waals surface area contributed by atoms with Crippen molar-refractivity contribution in [2.24, 2.45) is 5.92 Å². The van der Waals surface area contributed by atoms with Crippen LogP contribution in [0.2, 0.25) is 0 Å². The van der Waals surface area contributed by atoms with Gasteiger partial charge in [0.15, 0.2) is 0 Å². The summed E-state index contributed by atoms with van der Waals surface area (Å²) in [4.78, 5) is 33.7. The molecule has 0 saturated carbocycles. The number of rotatable bonds is 4. The first-order valence-electron chi connectivity index (χ1n) is 9.28. The van der Waals surface area contributed by atoms with E-state index in [0.717, 1.165) is 28.9 Å². The van der Waals surface area contributed by atoms with Crippen LogP contribution in [0.25, 0.3) is 0 Å². The van der Waals surface area contributed by atoms with Gasteiger partial charge in [0, 0.05) is 30.3 Å². The summed E-state index contributed by atoms with van der Waals surface area (Å²) in [6.45, 7) is 3.33. The normalized spacial score (nSPS) is 19.8.